The van der Waals surface area contributed by atoms with Gasteiger partial charge in [0.2, 0.25) is 15.8 Å². The lowest BCUT2D eigenvalue weighted by Crippen LogP contribution is -2.15. The Morgan fingerprint density at radius 1 is 1.47 bits per heavy atom. The highest BCUT2D eigenvalue weighted by Crippen LogP contribution is 2.30. The summed E-state index contributed by atoms with van der Waals surface area (Å²) in [6, 6.07) is 1.89. The van der Waals surface area contributed by atoms with Crippen LogP contribution in [-0.2, 0) is 10.0 Å². The Morgan fingerprint density at radius 3 is 2.40 bits per heavy atom. The molecule has 0 saturated heterocycles. The van der Waals surface area contributed by atoms with Crippen molar-refractivity contribution in [2.45, 2.75) is 4.90 Å². The summed E-state index contributed by atoms with van der Waals surface area (Å²) in [4.78, 5) is 8.47. The van der Waals surface area contributed by atoms with Crippen molar-refractivity contribution < 1.29 is 17.7 Å². The van der Waals surface area contributed by atoms with Gasteiger partial charge in [-0.25, -0.2) is 13.6 Å². The monoisotopic (exact) mass is 298 g/mol. The Hall–Kier alpha value is -1.06. The van der Waals surface area contributed by atoms with Crippen LogP contribution >= 0.6 is 15.9 Å². The van der Waals surface area contributed by atoms with Crippen molar-refractivity contribution in [1.29, 1.82) is 0 Å². The number of nitrogens with two attached hydrogens (primary N) is 1. The molecule has 0 spiro atoms. The number of hydrogen-bond donors (Lipinski definition) is 1. The molecule has 0 aromatic heterocycles. The summed E-state index contributed by atoms with van der Waals surface area (Å²) in [6.45, 7) is 0. The minimum absolute atomic E-state index is 0.207. The Balaban J connectivity index is 3.70. The third-order valence-corrected chi connectivity index (χ3v) is 3.08. The molecule has 0 aliphatic rings. The molecule has 2 N–H and O–H groups in total. The lowest BCUT2D eigenvalue weighted by molar-refractivity contribution is -0.390. The van der Waals surface area contributed by atoms with Crippen LogP contribution < -0.4 is 5.14 Å². The highest BCUT2D eigenvalue weighted by atomic mass is 79.9. The molecule has 0 aliphatic heterocycles. The molecule has 1 rings (SSSR count). The van der Waals surface area contributed by atoms with Gasteiger partial charge in [0.05, 0.1) is 9.40 Å². The van der Waals surface area contributed by atoms with Crippen molar-refractivity contribution in [2.24, 2.45) is 5.14 Å². The van der Waals surface area contributed by atoms with E-state index in [1.807, 2.05) is 0 Å². The number of nitrogens with zero attached hydrogens (tertiary/aromatic N) is 1. The minimum Gasteiger partial charge on any atom is -0.258 e. The third-order valence-electron chi connectivity index (χ3n) is 1.52. The number of primary sulfonamides is 1. The zero-order valence-electron chi connectivity index (χ0n) is 6.98. The van der Waals surface area contributed by atoms with Crippen LogP contribution in [0.5, 0.6) is 0 Å². The molecule has 0 radical (unpaired) electrons. The maximum absolute atomic E-state index is 13.2. The quantitative estimate of drug-likeness (QED) is 0.653. The number of nitro benzene ring substituents is 1. The molecular weight excluding hydrogens is 295 g/mol. The second-order valence-electron chi connectivity index (χ2n) is 2.51. The van der Waals surface area contributed by atoms with Crippen LogP contribution in [0.2, 0.25) is 0 Å². The molecule has 0 heterocycles. The van der Waals surface area contributed by atoms with E-state index in [0.717, 1.165) is 12.1 Å². The van der Waals surface area contributed by atoms with Gasteiger partial charge in [0.15, 0.2) is 4.90 Å². The largest absolute Gasteiger partial charge is 0.325 e. The van der Waals surface area contributed by atoms with Crippen LogP contribution in [0.1, 0.15) is 0 Å². The van der Waals surface area contributed by atoms with E-state index in [9.17, 15) is 22.9 Å². The number of nitro groups is 1. The molecule has 1 aromatic rings. The number of sulfonamides is 1. The first-order chi connectivity index (χ1) is 6.75. The Labute approximate surface area is 92.2 Å². The lowest BCUT2D eigenvalue weighted by atomic mass is 10.3. The summed E-state index contributed by atoms with van der Waals surface area (Å²) in [7, 11) is -4.32. The van der Waals surface area contributed by atoms with Crippen LogP contribution in [0.3, 0.4) is 0 Å². The van der Waals surface area contributed by atoms with Gasteiger partial charge in [-0.15, -0.1) is 0 Å². The Bertz CT molecular complexity index is 530. The van der Waals surface area contributed by atoms with E-state index in [4.69, 9.17) is 5.14 Å². The molecule has 0 fully saturated rings. The molecule has 82 valence electrons. The van der Waals surface area contributed by atoms with Crippen molar-refractivity contribution in [1.82, 2.24) is 0 Å². The van der Waals surface area contributed by atoms with Gasteiger partial charge in [0.1, 0.15) is 0 Å². The van der Waals surface area contributed by atoms with Gasteiger partial charge in [-0.2, -0.15) is 4.39 Å². The fourth-order valence-electron chi connectivity index (χ4n) is 0.922. The SMILES string of the molecule is NS(=O)(=O)c1ccc(Br)c(F)c1[N+](=O)[O-]. The molecule has 0 unspecified atom stereocenters. The van der Waals surface area contributed by atoms with E-state index in [1.54, 1.807) is 0 Å². The summed E-state index contributed by atoms with van der Waals surface area (Å²) in [5.74, 6) is -1.27. The lowest BCUT2D eigenvalue weighted by Gasteiger charge is -2.02. The van der Waals surface area contributed by atoms with Crippen LogP contribution in [-0.4, -0.2) is 13.3 Å². The smallest absolute Gasteiger partial charge is 0.258 e. The predicted octanol–water partition coefficient (Wildman–Crippen LogP) is 1.14. The molecule has 0 saturated carbocycles. The molecule has 15 heavy (non-hydrogen) atoms. The predicted molar refractivity (Wildman–Crippen MR) is 52.1 cm³/mol. The van der Waals surface area contributed by atoms with E-state index >= 15 is 0 Å². The molecule has 9 heteroatoms. The van der Waals surface area contributed by atoms with Crippen LogP contribution in [0.4, 0.5) is 10.1 Å². The van der Waals surface area contributed by atoms with Crippen molar-refractivity contribution in [3.05, 3.63) is 32.5 Å². The zero-order chi connectivity index (χ0) is 11.8. The Kier molecular flexibility index (Phi) is 3.07. The van der Waals surface area contributed by atoms with E-state index < -0.39 is 31.3 Å². The fourth-order valence-corrected chi connectivity index (χ4v) is 1.93. The average Bonchev–Trinajstić information content (AvgIpc) is 2.06. The van der Waals surface area contributed by atoms with Gasteiger partial charge >= 0.3 is 5.69 Å². The standard InChI is InChI=1S/C6H4BrFN2O4S/c7-3-1-2-4(15(9,13)14)6(5(3)8)10(11)12/h1-2H,(H2,9,13,14). The van der Waals surface area contributed by atoms with Crippen molar-refractivity contribution >= 4 is 31.6 Å². The number of rotatable bonds is 2. The van der Waals surface area contributed by atoms with Crippen molar-refractivity contribution in [2.75, 3.05) is 0 Å². The topological polar surface area (TPSA) is 103 Å². The maximum atomic E-state index is 13.2. The van der Waals surface area contributed by atoms with Gasteiger partial charge in [0, 0.05) is 0 Å². The number of halogens is 2. The van der Waals surface area contributed by atoms with Crippen LogP contribution in [0.25, 0.3) is 0 Å². The van der Waals surface area contributed by atoms with E-state index in [0.29, 0.717) is 0 Å². The maximum Gasteiger partial charge on any atom is 0.325 e. The highest BCUT2D eigenvalue weighted by Gasteiger charge is 2.28. The molecule has 0 atom stereocenters. The highest BCUT2D eigenvalue weighted by molar-refractivity contribution is 9.10. The molecular formula is C6H4BrFN2O4S. The summed E-state index contributed by atoms with van der Waals surface area (Å²) in [5.41, 5.74) is -1.16. The summed E-state index contributed by atoms with van der Waals surface area (Å²) in [5, 5.41) is 15.2. The molecule has 0 amide bonds. The van der Waals surface area contributed by atoms with E-state index in [-0.39, 0.29) is 4.47 Å². The fraction of sp³-hybridized carbons (Fsp3) is 0. The minimum atomic E-state index is -4.32. The molecule has 0 bridgehead atoms. The van der Waals surface area contributed by atoms with Gasteiger partial charge in [-0.05, 0) is 28.1 Å². The van der Waals surface area contributed by atoms with Crippen molar-refractivity contribution in [3.63, 3.8) is 0 Å². The molecule has 1 aromatic carbocycles. The van der Waals surface area contributed by atoms with Crippen molar-refractivity contribution in [3.8, 4) is 0 Å². The van der Waals surface area contributed by atoms with Gasteiger partial charge in [-0.1, -0.05) is 0 Å². The first-order valence-corrected chi connectivity index (χ1v) is 5.74. The normalized spacial score (nSPS) is 11.4. The average molecular weight is 299 g/mol. The first-order valence-electron chi connectivity index (χ1n) is 3.40. The Morgan fingerprint density at radius 2 is 2.00 bits per heavy atom. The second kappa shape index (κ2) is 3.83. The van der Waals surface area contributed by atoms with E-state index in [1.165, 1.54) is 0 Å². The summed E-state index contributed by atoms with van der Waals surface area (Å²) < 4.78 is 34.9. The van der Waals surface area contributed by atoms with Crippen LogP contribution in [0, 0.1) is 15.9 Å². The second-order valence-corrected chi connectivity index (χ2v) is 4.89. The van der Waals surface area contributed by atoms with Gasteiger partial charge in [-0.3, -0.25) is 10.1 Å². The molecule has 0 aliphatic carbocycles. The van der Waals surface area contributed by atoms with Gasteiger partial charge < -0.3 is 0 Å². The zero-order valence-corrected chi connectivity index (χ0v) is 9.38. The third kappa shape index (κ3) is 2.30. The molecule has 6 nitrogen and oxygen atoms in total. The number of benzene rings is 1. The first kappa shape index (κ1) is 12.0. The van der Waals surface area contributed by atoms with Crippen LogP contribution in [0.15, 0.2) is 21.5 Å². The number of hydrogen-bond acceptors (Lipinski definition) is 4. The van der Waals surface area contributed by atoms with E-state index in [2.05, 4.69) is 15.9 Å². The summed E-state index contributed by atoms with van der Waals surface area (Å²) in [6.07, 6.45) is 0. The van der Waals surface area contributed by atoms with Gasteiger partial charge in [0.25, 0.3) is 0 Å². The summed E-state index contributed by atoms with van der Waals surface area (Å²) >= 11 is 2.70.